The number of carbonyl (C=O) groups is 1. The predicted molar refractivity (Wildman–Crippen MR) is 118 cm³/mol. The highest BCUT2D eigenvalue weighted by atomic mass is 32.2. The van der Waals surface area contributed by atoms with Gasteiger partial charge in [-0.3, -0.25) is 4.79 Å². The van der Waals surface area contributed by atoms with Crippen molar-refractivity contribution >= 4 is 21.6 Å². The number of nitrogens with one attached hydrogen (secondary N) is 1. The number of aryl methyl sites for hydroxylation is 1. The highest BCUT2D eigenvalue weighted by Crippen LogP contribution is 2.30. The average molecular weight is 456 g/mol. The molecule has 1 aromatic heterocycles. The molecule has 0 aliphatic carbocycles. The van der Waals surface area contributed by atoms with E-state index < -0.39 is 15.8 Å². The molecule has 0 fully saturated rings. The fraction of sp³-hybridized carbons (Fsp3) is 0.217. The Hall–Kier alpha value is -3.30. The number of anilines is 1. The summed E-state index contributed by atoms with van der Waals surface area (Å²) in [6, 6.07) is 13.7. The third kappa shape index (κ3) is 4.79. The molecule has 4 rings (SSSR count). The molecule has 1 aliphatic rings. The Labute approximate surface area is 185 Å². The Morgan fingerprint density at radius 2 is 2.03 bits per heavy atom. The standard InChI is InChI=1S/C23H22FN3O4S/c1-16(28)27-12-4-6-17-13-21(9-10-22(17)27)32(29,30)26-15-18-5-3-11-25-23(18)31-20-8-2-7-19(24)14-20/h2-3,5,7-11,13-14,26H,4,6,12,15H2,1H3. The van der Waals surface area contributed by atoms with Gasteiger partial charge in [0, 0.05) is 43.5 Å². The van der Waals surface area contributed by atoms with Crippen LogP contribution >= 0.6 is 0 Å². The van der Waals surface area contributed by atoms with Crippen LogP contribution in [0.25, 0.3) is 0 Å². The highest BCUT2D eigenvalue weighted by molar-refractivity contribution is 7.89. The summed E-state index contributed by atoms with van der Waals surface area (Å²) in [5, 5.41) is 0. The maximum Gasteiger partial charge on any atom is 0.240 e. The fourth-order valence-corrected chi connectivity index (χ4v) is 4.67. The number of rotatable bonds is 6. The molecule has 0 saturated heterocycles. The van der Waals surface area contributed by atoms with Crippen molar-refractivity contribution < 1.29 is 22.3 Å². The van der Waals surface area contributed by atoms with Gasteiger partial charge in [-0.05, 0) is 54.8 Å². The van der Waals surface area contributed by atoms with E-state index in [1.54, 1.807) is 35.2 Å². The first-order valence-corrected chi connectivity index (χ1v) is 11.6. The number of aromatic nitrogens is 1. The topological polar surface area (TPSA) is 88.6 Å². The summed E-state index contributed by atoms with van der Waals surface area (Å²) in [5.41, 5.74) is 2.08. The second-order valence-electron chi connectivity index (χ2n) is 7.42. The lowest BCUT2D eigenvalue weighted by atomic mass is 10.0. The molecular weight excluding hydrogens is 433 g/mol. The molecule has 3 aromatic rings. The molecule has 7 nitrogen and oxygen atoms in total. The van der Waals surface area contributed by atoms with Gasteiger partial charge in [0.1, 0.15) is 11.6 Å². The number of carbonyl (C=O) groups excluding carboxylic acids is 1. The van der Waals surface area contributed by atoms with Gasteiger partial charge in [0.25, 0.3) is 0 Å². The van der Waals surface area contributed by atoms with Crippen LogP contribution in [0.4, 0.5) is 10.1 Å². The Bertz CT molecular complexity index is 1260. The average Bonchev–Trinajstić information content (AvgIpc) is 2.77. The minimum absolute atomic E-state index is 0.0581. The predicted octanol–water partition coefficient (Wildman–Crippen LogP) is 3.79. The van der Waals surface area contributed by atoms with Crippen LogP contribution in [-0.2, 0) is 27.8 Å². The summed E-state index contributed by atoms with van der Waals surface area (Å²) in [5.74, 6) is -0.0700. The maximum absolute atomic E-state index is 13.4. The Morgan fingerprint density at radius 3 is 2.81 bits per heavy atom. The minimum atomic E-state index is -3.82. The summed E-state index contributed by atoms with van der Waals surface area (Å²) in [7, 11) is -3.82. The van der Waals surface area contributed by atoms with E-state index in [0.717, 1.165) is 17.7 Å². The first-order chi connectivity index (χ1) is 15.3. The van der Waals surface area contributed by atoms with Crippen LogP contribution in [0.15, 0.2) is 65.7 Å². The van der Waals surface area contributed by atoms with Crippen LogP contribution < -0.4 is 14.4 Å². The van der Waals surface area contributed by atoms with E-state index in [1.807, 2.05) is 0 Å². The van der Waals surface area contributed by atoms with Gasteiger partial charge in [-0.2, -0.15) is 0 Å². The Balaban J connectivity index is 1.53. The molecule has 0 unspecified atom stereocenters. The summed E-state index contributed by atoms with van der Waals surface area (Å²) in [4.78, 5) is 17.8. The Kier molecular flexibility index (Phi) is 6.20. The molecule has 1 amide bonds. The fourth-order valence-electron chi connectivity index (χ4n) is 3.62. The number of hydrogen-bond acceptors (Lipinski definition) is 5. The third-order valence-electron chi connectivity index (χ3n) is 5.17. The number of benzene rings is 2. The van der Waals surface area contributed by atoms with Crippen molar-refractivity contribution in [1.29, 1.82) is 0 Å². The zero-order valence-corrected chi connectivity index (χ0v) is 18.2. The van der Waals surface area contributed by atoms with Crippen molar-refractivity contribution in [3.63, 3.8) is 0 Å². The van der Waals surface area contributed by atoms with Crippen molar-refractivity contribution in [1.82, 2.24) is 9.71 Å². The SMILES string of the molecule is CC(=O)N1CCCc2cc(S(=O)(=O)NCc3cccnc3Oc3cccc(F)c3)ccc21. The lowest BCUT2D eigenvalue weighted by Gasteiger charge is -2.28. The van der Waals surface area contributed by atoms with Crippen LogP contribution in [0.3, 0.4) is 0 Å². The van der Waals surface area contributed by atoms with E-state index in [4.69, 9.17) is 4.74 Å². The summed E-state index contributed by atoms with van der Waals surface area (Å²) in [6.07, 6.45) is 2.99. The molecule has 1 N–H and O–H groups in total. The van der Waals surface area contributed by atoms with Gasteiger partial charge in [-0.1, -0.05) is 12.1 Å². The van der Waals surface area contributed by atoms with E-state index in [0.29, 0.717) is 18.5 Å². The molecule has 2 aromatic carbocycles. The van der Waals surface area contributed by atoms with Crippen LogP contribution in [-0.4, -0.2) is 25.9 Å². The largest absolute Gasteiger partial charge is 0.439 e. The number of pyridine rings is 1. The van der Waals surface area contributed by atoms with Crippen LogP contribution in [0.1, 0.15) is 24.5 Å². The van der Waals surface area contributed by atoms with Gasteiger partial charge in [0.05, 0.1) is 4.90 Å². The van der Waals surface area contributed by atoms with E-state index in [9.17, 15) is 17.6 Å². The summed E-state index contributed by atoms with van der Waals surface area (Å²) < 4.78 is 47.5. The van der Waals surface area contributed by atoms with Crippen LogP contribution in [0, 0.1) is 5.82 Å². The number of ether oxygens (including phenoxy) is 1. The minimum Gasteiger partial charge on any atom is -0.439 e. The summed E-state index contributed by atoms with van der Waals surface area (Å²) >= 11 is 0. The molecular formula is C23H22FN3O4S. The molecule has 1 aliphatic heterocycles. The molecule has 32 heavy (non-hydrogen) atoms. The van der Waals surface area contributed by atoms with Gasteiger partial charge in [0.2, 0.25) is 21.8 Å². The lowest BCUT2D eigenvalue weighted by Crippen LogP contribution is -2.33. The summed E-state index contributed by atoms with van der Waals surface area (Å²) in [6.45, 7) is 2.07. The molecule has 0 saturated carbocycles. The first-order valence-electron chi connectivity index (χ1n) is 10.1. The van der Waals surface area contributed by atoms with Gasteiger partial charge >= 0.3 is 0 Å². The van der Waals surface area contributed by atoms with Crippen molar-refractivity contribution in [3.8, 4) is 11.6 Å². The van der Waals surface area contributed by atoms with Crippen LogP contribution in [0.5, 0.6) is 11.6 Å². The van der Waals surface area contributed by atoms with E-state index in [-0.39, 0.29) is 29.0 Å². The zero-order valence-electron chi connectivity index (χ0n) is 17.4. The normalized spacial score (nSPS) is 13.5. The number of fused-ring (bicyclic) bond motifs is 1. The Morgan fingerprint density at radius 1 is 1.19 bits per heavy atom. The van der Waals surface area contributed by atoms with Crippen LogP contribution in [0.2, 0.25) is 0 Å². The molecule has 0 bridgehead atoms. The number of amides is 1. The van der Waals surface area contributed by atoms with Crippen molar-refractivity contribution in [2.75, 3.05) is 11.4 Å². The molecule has 0 spiro atoms. The number of halogens is 1. The van der Waals surface area contributed by atoms with Gasteiger partial charge in [0.15, 0.2) is 0 Å². The quantitative estimate of drug-likeness (QED) is 0.611. The van der Waals surface area contributed by atoms with Gasteiger partial charge < -0.3 is 9.64 Å². The molecule has 2 heterocycles. The molecule has 9 heteroatoms. The lowest BCUT2D eigenvalue weighted by molar-refractivity contribution is -0.116. The number of hydrogen-bond donors (Lipinski definition) is 1. The van der Waals surface area contributed by atoms with Crippen molar-refractivity contribution in [3.05, 3.63) is 77.7 Å². The number of nitrogens with zero attached hydrogens (tertiary/aromatic N) is 2. The van der Waals surface area contributed by atoms with Crippen molar-refractivity contribution in [2.45, 2.75) is 31.2 Å². The van der Waals surface area contributed by atoms with E-state index in [2.05, 4.69) is 9.71 Å². The smallest absolute Gasteiger partial charge is 0.240 e. The second kappa shape index (κ2) is 9.05. The molecule has 166 valence electrons. The first kappa shape index (κ1) is 21.9. The van der Waals surface area contributed by atoms with Gasteiger partial charge in [-0.15, -0.1) is 0 Å². The van der Waals surface area contributed by atoms with Crippen molar-refractivity contribution in [2.24, 2.45) is 0 Å². The third-order valence-corrected chi connectivity index (χ3v) is 6.57. The second-order valence-corrected chi connectivity index (χ2v) is 9.18. The zero-order chi connectivity index (χ0) is 22.7. The van der Waals surface area contributed by atoms with Gasteiger partial charge in [-0.25, -0.2) is 22.5 Å². The van der Waals surface area contributed by atoms with E-state index in [1.165, 1.54) is 37.4 Å². The highest BCUT2D eigenvalue weighted by Gasteiger charge is 2.23. The number of sulfonamides is 1. The van der Waals surface area contributed by atoms with E-state index >= 15 is 0 Å². The molecule has 0 atom stereocenters. The molecule has 0 radical (unpaired) electrons. The monoisotopic (exact) mass is 455 g/mol. The maximum atomic E-state index is 13.4.